The first kappa shape index (κ1) is 23.6. The first-order valence-corrected chi connectivity index (χ1v) is 11.2. The Bertz CT molecular complexity index is 1160. The Morgan fingerprint density at radius 2 is 1.94 bits per heavy atom. The first-order chi connectivity index (χ1) is 16.2. The SMILES string of the molecule is COc1ccc(OC)c(NC(=O)[C@H]2C[C@H](CCC(N)=O)N[C@]23C(=O)Nc2c3ccc(C)c2C)c1. The van der Waals surface area contributed by atoms with Gasteiger partial charge < -0.3 is 25.8 Å². The van der Waals surface area contributed by atoms with E-state index in [9.17, 15) is 14.4 Å². The summed E-state index contributed by atoms with van der Waals surface area (Å²) in [5, 5.41) is 9.34. The van der Waals surface area contributed by atoms with Crippen molar-refractivity contribution < 1.29 is 23.9 Å². The van der Waals surface area contributed by atoms with E-state index in [1.807, 2.05) is 26.0 Å². The summed E-state index contributed by atoms with van der Waals surface area (Å²) in [6.45, 7) is 3.92. The fourth-order valence-corrected chi connectivity index (χ4v) is 5.01. The molecule has 2 aromatic rings. The van der Waals surface area contributed by atoms with E-state index in [4.69, 9.17) is 15.2 Å². The van der Waals surface area contributed by atoms with Crippen LogP contribution < -0.4 is 31.2 Å². The molecule has 0 bridgehead atoms. The number of rotatable bonds is 7. The maximum Gasteiger partial charge on any atom is 0.250 e. The van der Waals surface area contributed by atoms with Crippen molar-refractivity contribution in [3.8, 4) is 11.5 Å². The molecule has 2 aliphatic rings. The first-order valence-electron chi connectivity index (χ1n) is 11.2. The third-order valence-electron chi connectivity index (χ3n) is 6.95. The fourth-order valence-electron chi connectivity index (χ4n) is 5.01. The lowest BCUT2D eigenvalue weighted by atomic mass is 9.78. The number of benzene rings is 2. The maximum absolute atomic E-state index is 13.7. The van der Waals surface area contributed by atoms with E-state index in [-0.39, 0.29) is 24.3 Å². The van der Waals surface area contributed by atoms with Gasteiger partial charge in [0.15, 0.2) is 0 Å². The third-order valence-corrected chi connectivity index (χ3v) is 6.95. The summed E-state index contributed by atoms with van der Waals surface area (Å²) in [7, 11) is 3.05. The molecule has 3 amide bonds. The van der Waals surface area contributed by atoms with Crippen LogP contribution in [-0.4, -0.2) is 38.0 Å². The minimum atomic E-state index is -1.26. The number of ether oxygens (including phenoxy) is 2. The highest BCUT2D eigenvalue weighted by atomic mass is 16.5. The number of nitrogens with two attached hydrogens (primary N) is 1. The normalized spacial score (nSPS) is 22.9. The lowest BCUT2D eigenvalue weighted by Crippen LogP contribution is -2.52. The standard InChI is InChI=1S/C25H30N4O5/c1-13-5-8-17-22(14(13)2)28-24(32)25(17)18(11-15(29-25)6-10-21(26)30)23(31)27-19-12-16(33-3)7-9-20(19)34-4/h5,7-9,12,15,18,29H,6,10-11H2,1-4H3,(H2,26,30)(H,27,31)(H,28,32)/t15-,18+,25-/m0/s1. The highest BCUT2D eigenvalue weighted by Crippen LogP contribution is 2.49. The number of hydrogen-bond donors (Lipinski definition) is 4. The van der Waals surface area contributed by atoms with Gasteiger partial charge in [0.1, 0.15) is 17.0 Å². The molecule has 0 unspecified atom stereocenters. The Hall–Kier alpha value is -3.59. The Labute approximate surface area is 198 Å². The van der Waals surface area contributed by atoms with Gasteiger partial charge in [0, 0.05) is 29.8 Å². The monoisotopic (exact) mass is 466 g/mol. The Morgan fingerprint density at radius 1 is 1.18 bits per heavy atom. The van der Waals surface area contributed by atoms with Gasteiger partial charge in [-0.05, 0) is 49.9 Å². The van der Waals surface area contributed by atoms with Crippen molar-refractivity contribution in [2.75, 3.05) is 24.9 Å². The summed E-state index contributed by atoms with van der Waals surface area (Å²) in [5.74, 6) is -0.735. The van der Waals surface area contributed by atoms with Crippen LogP contribution in [0.4, 0.5) is 11.4 Å². The van der Waals surface area contributed by atoms with Crippen molar-refractivity contribution in [3.05, 3.63) is 47.0 Å². The summed E-state index contributed by atoms with van der Waals surface area (Å²) in [6, 6.07) is 8.72. The van der Waals surface area contributed by atoms with Crippen LogP contribution in [0.5, 0.6) is 11.5 Å². The minimum Gasteiger partial charge on any atom is -0.497 e. The topological polar surface area (TPSA) is 132 Å². The summed E-state index contributed by atoms with van der Waals surface area (Å²) < 4.78 is 10.7. The molecule has 0 saturated carbocycles. The molecule has 1 saturated heterocycles. The number of carbonyl (C=O) groups is 3. The predicted octanol–water partition coefficient (Wildman–Crippen LogP) is 2.35. The molecule has 3 atom stereocenters. The molecule has 2 aromatic carbocycles. The minimum absolute atomic E-state index is 0.160. The van der Waals surface area contributed by atoms with Crippen molar-refractivity contribution in [1.82, 2.24) is 5.32 Å². The van der Waals surface area contributed by atoms with E-state index in [2.05, 4.69) is 16.0 Å². The number of fused-ring (bicyclic) bond motifs is 2. The smallest absolute Gasteiger partial charge is 0.250 e. The molecule has 1 spiro atoms. The van der Waals surface area contributed by atoms with Gasteiger partial charge in [-0.15, -0.1) is 0 Å². The van der Waals surface area contributed by atoms with Crippen molar-refractivity contribution in [3.63, 3.8) is 0 Å². The average molecular weight is 467 g/mol. The third kappa shape index (κ3) is 3.86. The molecule has 2 heterocycles. The molecule has 2 aliphatic heterocycles. The number of aryl methyl sites for hydroxylation is 1. The van der Waals surface area contributed by atoms with E-state index in [1.54, 1.807) is 18.2 Å². The highest BCUT2D eigenvalue weighted by Gasteiger charge is 2.60. The zero-order chi connectivity index (χ0) is 24.6. The largest absolute Gasteiger partial charge is 0.497 e. The number of carbonyl (C=O) groups excluding carboxylic acids is 3. The van der Waals surface area contributed by atoms with E-state index in [0.29, 0.717) is 30.0 Å². The maximum atomic E-state index is 13.7. The van der Waals surface area contributed by atoms with Crippen LogP contribution in [0.3, 0.4) is 0 Å². The second-order valence-corrected chi connectivity index (χ2v) is 8.88. The van der Waals surface area contributed by atoms with E-state index < -0.39 is 17.4 Å². The highest BCUT2D eigenvalue weighted by molar-refractivity contribution is 6.11. The number of amides is 3. The fraction of sp³-hybridized carbons (Fsp3) is 0.400. The molecule has 0 aliphatic carbocycles. The molecular formula is C25H30N4O5. The summed E-state index contributed by atoms with van der Waals surface area (Å²) >= 11 is 0. The quantitative estimate of drug-likeness (QED) is 0.495. The lowest BCUT2D eigenvalue weighted by molar-refractivity contribution is -0.130. The number of methoxy groups -OCH3 is 2. The Kier molecular flexibility index (Phi) is 6.22. The summed E-state index contributed by atoms with van der Waals surface area (Å²) in [5.41, 5.74) is 8.01. The number of primary amides is 1. The average Bonchev–Trinajstić information content (AvgIpc) is 3.34. The van der Waals surface area contributed by atoms with Gasteiger partial charge in [-0.3, -0.25) is 19.7 Å². The van der Waals surface area contributed by atoms with Crippen molar-refractivity contribution in [2.45, 2.75) is 44.7 Å². The number of nitrogens with one attached hydrogen (secondary N) is 3. The van der Waals surface area contributed by atoms with Crippen LogP contribution in [0.25, 0.3) is 0 Å². The van der Waals surface area contributed by atoms with Crippen LogP contribution in [0, 0.1) is 19.8 Å². The van der Waals surface area contributed by atoms with Gasteiger partial charge >= 0.3 is 0 Å². The molecule has 9 nitrogen and oxygen atoms in total. The summed E-state index contributed by atoms with van der Waals surface area (Å²) in [4.78, 5) is 38.6. The van der Waals surface area contributed by atoms with Crippen LogP contribution >= 0.6 is 0 Å². The van der Waals surface area contributed by atoms with E-state index in [1.165, 1.54) is 14.2 Å². The number of anilines is 2. The summed E-state index contributed by atoms with van der Waals surface area (Å²) in [6.07, 6.45) is 0.954. The van der Waals surface area contributed by atoms with Crippen molar-refractivity contribution in [1.29, 1.82) is 0 Å². The van der Waals surface area contributed by atoms with E-state index in [0.717, 1.165) is 22.4 Å². The molecule has 1 fully saturated rings. The number of hydrogen-bond acceptors (Lipinski definition) is 6. The lowest BCUT2D eigenvalue weighted by Gasteiger charge is -2.29. The van der Waals surface area contributed by atoms with Gasteiger partial charge in [-0.1, -0.05) is 12.1 Å². The van der Waals surface area contributed by atoms with Crippen LogP contribution in [0.1, 0.15) is 36.0 Å². The molecule has 34 heavy (non-hydrogen) atoms. The molecule has 180 valence electrons. The Morgan fingerprint density at radius 3 is 2.62 bits per heavy atom. The van der Waals surface area contributed by atoms with Crippen LogP contribution in [0.2, 0.25) is 0 Å². The van der Waals surface area contributed by atoms with Gasteiger partial charge in [-0.2, -0.15) is 0 Å². The zero-order valence-corrected chi connectivity index (χ0v) is 19.8. The second kappa shape index (κ2) is 8.98. The molecular weight excluding hydrogens is 436 g/mol. The van der Waals surface area contributed by atoms with Gasteiger partial charge in [0.05, 0.1) is 25.8 Å². The van der Waals surface area contributed by atoms with Gasteiger partial charge in [-0.25, -0.2) is 0 Å². The van der Waals surface area contributed by atoms with Gasteiger partial charge in [0.25, 0.3) is 0 Å². The molecule has 9 heteroatoms. The van der Waals surface area contributed by atoms with Crippen LogP contribution in [0.15, 0.2) is 30.3 Å². The van der Waals surface area contributed by atoms with Crippen LogP contribution in [-0.2, 0) is 19.9 Å². The zero-order valence-electron chi connectivity index (χ0n) is 19.8. The van der Waals surface area contributed by atoms with Crippen molar-refractivity contribution in [2.24, 2.45) is 11.7 Å². The van der Waals surface area contributed by atoms with Crippen molar-refractivity contribution >= 4 is 29.1 Å². The molecule has 4 rings (SSSR count). The molecule has 5 N–H and O–H groups in total. The van der Waals surface area contributed by atoms with Gasteiger partial charge in [0.2, 0.25) is 17.7 Å². The van der Waals surface area contributed by atoms with E-state index >= 15 is 0 Å². The second-order valence-electron chi connectivity index (χ2n) is 8.88. The predicted molar refractivity (Wildman–Crippen MR) is 128 cm³/mol. The molecule has 0 aromatic heterocycles. The molecule has 0 radical (unpaired) electrons. The Balaban J connectivity index is 1.74.